The van der Waals surface area contributed by atoms with Crippen LogP contribution in [0.1, 0.15) is 10.4 Å². The summed E-state index contributed by atoms with van der Waals surface area (Å²) >= 11 is 1.04. The van der Waals surface area contributed by atoms with Gasteiger partial charge >= 0.3 is 0 Å². The first kappa shape index (κ1) is 23.3. The normalized spacial score (nSPS) is 11.3. The highest BCUT2D eigenvalue weighted by Crippen LogP contribution is 2.29. The van der Waals surface area contributed by atoms with Gasteiger partial charge in [0, 0.05) is 17.7 Å². The summed E-state index contributed by atoms with van der Waals surface area (Å²) in [4.78, 5) is 26.8. The minimum Gasteiger partial charge on any atom is -0.495 e. The van der Waals surface area contributed by atoms with Gasteiger partial charge in [0.1, 0.15) is 11.3 Å². The molecule has 1 heterocycles. The smallest absolute Gasteiger partial charge is 0.269 e. The second kappa shape index (κ2) is 9.53. The number of carbonyl (C=O) groups excluding carboxylic acids is 1. The molecule has 0 amide bonds. The van der Waals surface area contributed by atoms with Crippen LogP contribution >= 0.6 is 11.8 Å². The molecule has 0 radical (unpaired) electrons. The fraction of sp³-hybridized carbons (Fsp3) is 0.0909. The van der Waals surface area contributed by atoms with Gasteiger partial charge in [-0.25, -0.2) is 13.4 Å². The number of fused-ring (bicyclic) bond motifs is 1. The van der Waals surface area contributed by atoms with Crippen molar-refractivity contribution in [1.29, 1.82) is 0 Å². The van der Waals surface area contributed by atoms with E-state index >= 15 is 0 Å². The second-order valence-electron chi connectivity index (χ2n) is 6.93. The van der Waals surface area contributed by atoms with Crippen molar-refractivity contribution in [2.75, 3.05) is 17.6 Å². The summed E-state index contributed by atoms with van der Waals surface area (Å²) in [6.07, 6.45) is 0. The van der Waals surface area contributed by atoms with Crippen molar-refractivity contribution in [2.24, 2.45) is 0 Å². The molecule has 0 atom stereocenters. The van der Waals surface area contributed by atoms with Crippen molar-refractivity contribution in [3.05, 3.63) is 82.4 Å². The summed E-state index contributed by atoms with van der Waals surface area (Å²) in [6, 6.07) is 16.2. The van der Waals surface area contributed by atoms with E-state index in [1.807, 2.05) is 0 Å². The zero-order valence-electron chi connectivity index (χ0n) is 17.6. The number of nitro benzene ring substituents is 1. The van der Waals surface area contributed by atoms with E-state index in [0.717, 1.165) is 11.8 Å². The number of benzene rings is 3. The first-order valence-electron chi connectivity index (χ1n) is 9.74. The Hall–Kier alpha value is -3.90. The quantitative estimate of drug-likeness (QED) is 0.152. The largest absolute Gasteiger partial charge is 0.495 e. The Morgan fingerprint density at radius 1 is 1.15 bits per heavy atom. The number of nitrogens with zero attached hydrogens (tertiary/aromatic N) is 2. The Bertz CT molecular complexity index is 1480. The lowest BCUT2D eigenvalue weighted by Crippen LogP contribution is -2.13. The molecule has 0 unspecified atom stereocenters. The van der Waals surface area contributed by atoms with E-state index in [1.54, 1.807) is 24.3 Å². The standard InChI is InChI=1S/C22H17N3O7S2/c1-31-20-5-3-2-4-17(20)24-34(29,30)16-10-11-21-18(12-16)23-22(32-21)33-13-19(26)14-6-8-15(9-7-14)25(27)28/h2-12,24H,13H2,1H3. The maximum absolute atomic E-state index is 12.8. The predicted molar refractivity (Wildman–Crippen MR) is 126 cm³/mol. The second-order valence-corrected chi connectivity index (χ2v) is 9.54. The third kappa shape index (κ3) is 5.02. The van der Waals surface area contributed by atoms with Gasteiger partial charge in [-0.3, -0.25) is 19.6 Å². The zero-order valence-corrected chi connectivity index (χ0v) is 19.3. The number of rotatable bonds is 9. The Morgan fingerprint density at radius 2 is 1.88 bits per heavy atom. The number of sulfonamides is 1. The third-order valence-electron chi connectivity index (χ3n) is 4.73. The van der Waals surface area contributed by atoms with Crippen molar-refractivity contribution in [1.82, 2.24) is 4.98 Å². The lowest BCUT2D eigenvalue weighted by atomic mass is 10.1. The third-order valence-corrected chi connectivity index (χ3v) is 6.92. The van der Waals surface area contributed by atoms with Crippen LogP contribution in [0.3, 0.4) is 0 Å². The summed E-state index contributed by atoms with van der Waals surface area (Å²) in [7, 11) is -2.48. The minimum atomic E-state index is -3.92. The highest BCUT2D eigenvalue weighted by molar-refractivity contribution is 7.99. The zero-order chi connectivity index (χ0) is 24.3. The number of anilines is 1. The van der Waals surface area contributed by atoms with E-state index in [4.69, 9.17) is 9.15 Å². The first-order chi connectivity index (χ1) is 16.3. The molecular weight excluding hydrogens is 482 g/mol. The number of ether oxygens (including phenoxy) is 1. The summed E-state index contributed by atoms with van der Waals surface area (Å²) in [6.45, 7) is 0. The molecule has 0 bridgehead atoms. The number of hydrogen-bond donors (Lipinski definition) is 1. The van der Waals surface area contributed by atoms with Gasteiger partial charge in [0.25, 0.3) is 20.9 Å². The van der Waals surface area contributed by atoms with Gasteiger partial charge in [-0.2, -0.15) is 0 Å². The fourth-order valence-electron chi connectivity index (χ4n) is 3.03. The number of nitro groups is 1. The molecule has 0 aliphatic heterocycles. The average molecular weight is 500 g/mol. The van der Waals surface area contributed by atoms with E-state index in [1.165, 1.54) is 49.6 Å². The van der Waals surface area contributed by atoms with E-state index in [0.29, 0.717) is 28.1 Å². The van der Waals surface area contributed by atoms with Crippen molar-refractivity contribution in [3.63, 3.8) is 0 Å². The molecule has 1 N–H and O–H groups in total. The molecule has 0 spiro atoms. The van der Waals surface area contributed by atoms with Crippen LogP contribution in [-0.2, 0) is 10.0 Å². The lowest BCUT2D eigenvalue weighted by Gasteiger charge is -2.11. The Labute approximate surface area is 198 Å². The van der Waals surface area contributed by atoms with E-state index in [9.17, 15) is 23.3 Å². The van der Waals surface area contributed by atoms with E-state index in [-0.39, 0.29) is 27.3 Å². The first-order valence-corrected chi connectivity index (χ1v) is 12.2. The summed E-state index contributed by atoms with van der Waals surface area (Å²) in [5, 5.41) is 10.9. The number of para-hydroxylation sites is 2. The number of ketones is 1. The number of Topliss-reactive ketones (excluding diaryl/α,β-unsaturated/α-hetero) is 1. The average Bonchev–Trinajstić information content (AvgIpc) is 3.25. The highest BCUT2D eigenvalue weighted by Gasteiger charge is 2.19. The minimum absolute atomic E-state index is 0.00878. The molecule has 34 heavy (non-hydrogen) atoms. The number of hydrogen-bond acceptors (Lipinski definition) is 9. The van der Waals surface area contributed by atoms with Gasteiger partial charge in [-0.05, 0) is 42.5 Å². The Balaban J connectivity index is 1.48. The molecule has 1 aromatic heterocycles. The number of non-ortho nitro benzene ring substituents is 1. The van der Waals surface area contributed by atoms with Crippen molar-refractivity contribution in [3.8, 4) is 5.75 Å². The SMILES string of the molecule is COc1ccccc1NS(=O)(=O)c1ccc2oc(SCC(=O)c3ccc([N+](=O)[O-])cc3)nc2c1. The number of nitrogens with one attached hydrogen (secondary N) is 1. The molecule has 10 nitrogen and oxygen atoms in total. The maximum Gasteiger partial charge on any atom is 0.269 e. The fourth-order valence-corrected chi connectivity index (χ4v) is 4.85. The molecule has 4 rings (SSSR count). The van der Waals surface area contributed by atoms with Crippen LogP contribution in [0.2, 0.25) is 0 Å². The van der Waals surface area contributed by atoms with Gasteiger partial charge in [0.05, 0.1) is 28.4 Å². The van der Waals surface area contributed by atoms with Crippen molar-refractivity contribution < 1.29 is 27.3 Å². The molecule has 3 aromatic carbocycles. The van der Waals surface area contributed by atoms with Crippen LogP contribution in [0.25, 0.3) is 11.1 Å². The monoisotopic (exact) mass is 499 g/mol. The summed E-state index contributed by atoms with van der Waals surface area (Å²) in [5.41, 5.74) is 1.19. The predicted octanol–water partition coefficient (Wildman–Crippen LogP) is 4.52. The molecule has 0 saturated carbocycles. The summed E-state index contributed by atoms with van der Waals surface area (Å²) in [5.74, 6) is 0.113. The number of carbonyl (C=O) groups is 1. The summed E-state index contributed by atoms with van der Waals surface area (Å²) < 4.78 is 39.0. The van der Waals surface area contributed by atoms with Crippen molar-refractivity contribution >= 4 is 50.0 Å². The molecule has 0 aliphatic carbocycles. The van der Waals surface area contributed by atoms with Gasteiger partial charge in [-0.1, -0.05) is 23.9 Å². The number of oxazole rings is 1. The topological polar surface area (TPSA) is 142 Å². The molecule has 0 aliphatic rings. The lowest BCUT2D eigenvalue weighted by molar-refractivity contribution is -0.384. The van der Waals surface area contributed by atoms with E-state index < -0.39 is 14.9 Å². The van der Waals surface area contributed by atoms with Crippen LogP contribution in [0.4, 0.5) is 11.4 Å². The van der Waals surface area contributed by atoms with Gasteiger partial charge in [-0.15, -0.1) is 0 Å². The molecule has 0 saturated heterocycles. The number of methoxy groups -OCH3 is 1. The molecule has 0 fully saturated rings. The number of aromatic nitrogens is 1. The molecule has 4 aromatic rings. The van der Waals surface area contributed by atoms with Crippen LogP contribution in [0, 0.1) is 10.1 Å². The highest BCUT2D eigenvalue weighted by atomic mass is 32.2. The van der Waals surface area contributed by atoms with E-state index in [2.05, 4.69) is 9.71 Å². The maximum atomic E-state index is 12.8. The molecule has 12 heteroatoms. The molecular formula is C22H17N3O7S2. The van der Waals surface area contributed by atoms with Crippen LogP contribution < -0.4 is 9.46 Å². The molecule has 174 valence electrons. The van der Waals surface area contributed by atoms with Gasteiger partial charge in [0.15, 0.2) is 11.4 Å². The Morgan fingerprint density at radius 3 is 2.59 bits per heavy atom. The van der Waals surface area contributed by atoms with Crippen LogP contribution in [0.5, 0.6) is 5.75 Å². The Kier molecular flexibility index (Phi) is 6.52. The number of thioether (sulfide) groups is 1. The van der Waals surface area contributed by atoms with Gasteiger partial charge in [0.2, 0.25) is 0 Å². The van der Waals surface area contributed by atoms with Crippen molar-refractivity contribution in [2.45, 2.75) is 10.1 Å². The van der Waals surface area contributed by atoms with Crippen LogP contribution in [-0.4, -0.2) is 37.0 Å². The van der Waals surface area contributed by atoms with Gasteiger partial charge < -0.3 is 9.15 Å². The van der Waals surface area contributed by atoms with Crippen LogP contribution in [0.15, 0.2) is 81.3 Å².